The van der Waals surface area contributed by atoms with Gasteiger partial charge in [-0.25, -0.2) is 4.79 Å². The molecule has 0 heterocycles. The average Bonchev–Trinajstić information content (AvgIpc) is 2.75. The van der Waals surface area contributed by atoms with Crippen molar-refractivity contribution in [1.29, 1.82) is 0 Å². The first-order chi connectivity index (χ1) is 15.9. The van der Waals surface area contributed by atoms with Crippen LogP contribution in [0.2, 0.25) is 0 Å². The van der Waals surface area contributed by atoms with Gasteiger partial charge in [0.2, 0.25) is 23.6 Å². The molecule has 4 amide bonds. The van der Waals surface area contributed by atoms with Gasteiger partial charge in [-0.05, 0) is 31.3 Å². The second-order valence-corrected chi connectivity index (χ2v) is 8.56. The molecule has 0 saturated heterocycles. The second-order valence-electron chi connectivity index (χ2n) is 7.21. The van der Waals surface area contributed by atoms with Crippen LogP contribution in [0, 0.1) is 0 Å². The van der Waals surface area contributed by atoms with Crippen molar-refractivity contribution in [1.82, 2.24) is 16.0 Å². The predicted octanol–water partition coefficient (Wildman–Crippen LogP) is -3.54. The second kappa shape index (κ2) is 16.8. The topological polar surface area (TPSA) is 258 Å². The molecule has 4 atom stereocenters. The Morgan fingerprint density at radius 1 is 0.941 bits per heavy atom. The van der Waals surface area contributed by atoms with Gasteiger partial charge in [0, 0.05) is 12.3 Å². The summed E-state index contributed by atoms with van der Waals surface area (Å²) in [6, 6.07) is -4.79. The van der Waals surface area contributed by atoms with Crippen LogP contribution in [-0.2, 0) is 24.0 Å². The van der Waals surface area contributed by atoms with Crippen LogP contribution < -0.4 is 38.9 Å². The fraction of sp³-hybridized carbons (Fsp3) is 0.667. The summed E-state index contributed by atoms with van der Waals surface area (Å²) in [5, 5.41) is 16.2. The summed E-state index contributed by atoms with van der Waals surface area (Å²) in [6.07, 6.45) is 2.12. The van der Waals surface area contributed by atoms with E-state index in [9.17, 15) is 24.0 Å². The van der Waals surface area contributed by atoms with E-state index in [1.54, 1.807) is 6.26 Å². The smallest absolute Gasteiger partial charge is 0.327 e. The summed E-state index contributed by atoms with van der Waals surface area (Å²) in [4.78, 5) is 64.1. The molecule has 0 aromatic carbocycles. The van der Waals surface area contributed by atoms with Crippen molar-refractivity contribution in [3.8, 4) is 0 Å². The summed E-state index contributed by atoms with van der Waals surface area (Å²) >= 11 is 5.27. The summed E-state index contributed by atoms with van der Waals surface area (Å²) in [6.45, 7) is 0.285. The van der Waals surface area contributed by atoms with Crippen LogP contribution in [0.5, 0.6) is 0 Å². The molecule has 16 heteroatoms. The lowest BCUT2D eigenvalue weighted by atomic mass is 10.1. The summed E-state index contributed by atoms with van der Waals surface area (Å²) in [7, 11) is 0. The highest BCUT2D eigenvalue weighted by Crippen LogP contribution is 2.05. The Morgan fingerprint density at radius 3 is 2.00 bits per heavy atom. The lowest BCUT2D eigenvalue weighted by molar-refractivity contribution is -0.141. The largest absolute Gasteiger partial charge is 0.480 e. The third kappa shape index (κ3) is 13.1. The number of carboxylic acid groups (broad SMARTS) is 1. The third-order valence-electron chi connectivity index (χ3n) is 4.38. The molecule has 0 aromatic heterocycles. The highest BCUT2D eigenvalue weighted by atomic mass is 32.2. The number of nitrogens with zero attached hydrogens (tertiary/aromatic N) is 1. The van der Waals surface area contributed by atoms with E-state index in [2.05, 4.69) is 33.6 Å². The number of thioether (sulfide) groups is 1. The predicted molar refractivity (Wildman–Crippen MR) is 132 cm³/mol. The molecule has 0 fully saturated rings. The highest BCUT2D eigenvalue weighted by Gasteiger charge is 2.30. The Kier molecular flexibility index (Phi) is 15.5. The number of guanidine groups is 1. The first-order valence-electron chi connectivity index (χ1n) is 10.3. The average molecular weight is 523 g/mol. The van der Waals surface area contributed by atoms with E-state index >= 15 is 0 Å². The van der Waals surface area contributed by atoms with Gasteiger partial charge in [-0.1, -0.05) is 0 Å². The number of rotatable bonds is 17. The van der Waals surface area contributed by atoms with Crippen molar-refractivity contribution in [3.63, 3.8) is 0 Å². The third-order valence-corrected chi connectivity index (χ3v) is 5.39. The Bertz CT molecular complexity index is 750. The molecule has 0 aliphatic heterocycles. The molecule has 0 spiro atoms. The molecular formula is C18H34N8O6S2. The van der Waals surface area contributed by atoms with Gasteiger partial charge in [-0.3, -0.25) is 24.2 Å². The van der Waals surface area contributed by atoms with Gasteiger partial charge in [0.25, 0.3) is 0 Å². The molecule has 4 unspecified atom stereocenters. The number of carbonyl (C=O) groups is 5. The normalized spacial score (nSPS) is 14.1. The van der Waals surface area contributed by atoms with Crippen LogP contribution >= 0.6 is 24.4 Å². The van der Waals surface area contributed by atoms with Gasteiger partial charge in [0.05, 0.1) is 12.5 Å². The van der Waals surface area contributed by atoms with Crippen molar-refractivity contribution < 1.29 is 29.1 Å². The number of nitrogens with two attached hydrogens (primary N) is 4. The van der Waals surface area contributed by atoms with Gasteiger partial charge in [-0.15, -0.1) is 0 Å². The molecular weight excluding hydrogens is 488 g/mol. The number of aliphatic imine (C=N–C) groups is 1. The number of amides is 4. The van der Waals surface area contributed by atoms with Crippen molar-refractivity contribution in [2.75, 3.05) is 24.3 Å². The number of carboxylic acids is 1. The van der Waals surface area contributed by atoms with Crippen molar-refractivity contribution in [3.05, 3.63) is 0 Å². The molecule has 0 rings (SSSR count). The lowest BCUT2D eigenvalue weighted by Gasteiger charge is -2.24. The Morgan fingerprint density at radius 2 is 1.50 bits per heavy atom. The zero-order valence-corrected chi connectivity index (χ0v) is 20.6. The van der Waals surface area contributed by atoms with Crippen molar-refractivity contribution in [2.24, 2.45) is 27.9 Å². The van der Waals surface area contributed by atoms with E-state index in [1.807, 2.05) is 0 Å². The molecule has 0 bridgehead atoms. The fourth-order valence-electron chi connectivity index (χ4n) is 2.57. The van der Waals surface area contributed by atoms with Gasteiger partial charge < -0.3 is 44.0 Å². The molecule has 0 aliphatic rings. The molecule has 12 N–H and O–H groups in total. The SMILES string of the molecule is CSCCC(NC(=O)C(N)CCCN=C(N)N)C(=O)NC(CC(N)=O)C(=O)NC(CS)C(=O)O. The van der Waals surface area contributed by atoms with E-state index in [1.165, 1.54) is 11.8 Å². The molecule has 14 nitrogen and oxygen atoms in total. The monoisotopic (exact) mass is 522 g/mol. The highest BCUT2D eigenvalue weighted by molar-refractivity contribution is 7.98. The van der Waals surface area contributed by atoms with Gasteiger partial charge in [0.1, 0.15) is 18.1 Å². The minimum Gasteiger partial charge on any atom is -0.480 e. The van der Waals surface area contributed by atoms with Crippen LogP contribution in [0.15, 0.2) is 4.99 Å². The van der Waals surface area contributed by atoms with Crippen LogP contribution in [0.25, 0.3) is 0 Å². The molecule has 0 radical (unpaired) electrons. The van der Waals surface area contributed by atoms with Crippen LogP contribution in [0.1, 0.15) is 25.7 Å². The minimum atomic E-state index is -1.45. The number of aliphatic carboxylic acids is 1. The first kappa shape index (κ1) is 31.3. The zero-order chi connectivity index (χ0) is 26.3. The maximum absolute atomic E-state index is 12.8. The Hall–Kier alpha value is -2.72. The molecule has 0 aliphatic carbocycles. The van der Waals surface area contributed by atoms with Gasteiger partial charge in [-0.2, -0.15) is 24.4 Å². The number of hydrogen-bond acceptors (Lipinski definition) is 9. The molecule has 34 heavy (non-hydrogen) atoms. The number of thiol groups is 1. The van der Waals surface area contributed by atoms with E-state index in [0.717, 1.165) is 0 Å². The van der Waals surface area contributed by atoms with Crippen molar-refractivity contribution >= 4 is 59.9 Å². The standard InChI is InChI=1S/C18H34N8O6S2/c1-34-6-4-10(24-14(28)9(19)3-2-5-23-18(21)22)15(29)25-11(7-13(20)27)16(30)26-12(8-33)17(31)32/h9-12,33H,2-8,19H2,1H3,(H2,20,27)(H,24,28)(H,25,29)(H,26,30)(H,31,32)(H4,21,22,23). The van der Waals surface area contributed by atoms with Gasteiger partial charge >= 0.3 is 5.97 Å². The summed E-state index contributed by atoms with van der Waals surface area (Å²) < 4.78 is 0. The van der Waals surface area contributed by atoms with E-state index in [4.69, 9.17) is 28.0 Å². The molecule has 0 saturated carbocycles. The van der Waals surface area contributed by atoms with Crippen LogP contribution in [0.3, 0.4) is 0 Å². The lowest BCUT2D eigenvalue weighted by Crippen LogP contribution is -2.58. The summed E-state index contributed by atoms with van der Waals surface area (Å²) in [5.41, 5.74) is 21.5. The Labute approximate surface area is 207 Å². The quantitative estimate of drug-likeness (QED) is 0.0393. The summed E-state index contributed by atoms with van der Waals surface area (Å²) in [5.74, 6) is -4.32. The van der Waals surface area contributed by atoms with Gasteiger partial charge in [0.15, 0.2) is 5.96 Å². The number of carbonyl (C=O) groups excluding carboxylic acids is 4. The number of primary amides is 1. The molecule has 0 aromatic rings. The fourth-order valence-corrected chi connectivity index (χ4v) is 3.29. The van der Waals surface area contributed by atoms with E-state index < -0.39 is 60.2 Å². The van der Waals surface area contributed by atoms with Crippen LogP contribution in [0.4, 0.5) is 0 Å². The maximum atomic E-state index is 12.8. The maximum Gasteiger partial charge on any atom is 0.327 e. The van der Waals surface area contributed by atoms with Crippen LogP contribution in [-0.4, -0.2) is 89.1 Å². The minimum absolute atomic E-state index is 0.0783. The zero-order valence-electron chi connectivity index (χ0n) is 18.9. The molecule has 194 valence electrons. The van der Waals surface area contributed by atoms with Crippen molar-refractivity contribution in [2.45, 2.75) is 49.9 Å². The number of nitrogens with one attached hydrogen (secondary N) is 3. The van der Waals surface area contributed by atoms with E-state index in [0.29, 0.717) is 12.2 Å². The number of hydrogen-bond donors (Lipinski definition) is 9. The van der Waals surface area contributed by atoms with E-state index in [-0.39, 0.29) is 31.1 Å². The first-order valence-corrected chi connectivity index (χ1v) is 12.3. The Balaban J connectivity index is 5.28.